The molecule has 0 bridgehead atoms. The number of ether oxygens (including phenoxy) is 3. The standard InChI is InChI=1S/C19H20O4/c1-21-16-10-13-9-8-12-6-4-5-7-14(12)18(19(20)23-3)15(13)11-17(16)22-2/h4-7,10-11,18H,8-9H2,1-3H3. The normalized spacial score (nSPS) is 15.9. The van der Waals surface area contributed by atoms with Crippen LogP contribution in [0.4, 0.5) is 0 Å². The van der Waals surface area contributed by atoms with Gasteiger partial charge in [0.05, 0.1) is 21.3 Å². The molecule has 1 aliphatic rings. The Morgan fingerprint density at radius 2 is 1.57 bits per heavy atom. The second-order valence-electron chi connectivity index (χ2n) is 5.56. The number of carbonyl (C=O) groups excluding carboxylic acids is 1. The van der Waals surface area contributed by atoms with Crippen LogP contribution in [0, 0.1) is 0 Å². The first-order valence-electron chi connectivity index (χ1n) is 7.60. The van der Waals surface area contributed by atoms with Crippen molar-refractivity contribution in [3.8, 4) is 11.5 Å². The first kappa shape index (κ1) is 15.4. The van der Waals surface area contributed by atoms with E-state index in [9.17, 15) is 4.79 Å². The van der Waals surface area contributed by atoms with Crippen molar-refractivity contribution in [2.24, 2.45) is 0 Å². The van der Waals surface area contributed by atoms with E-state index in [-0.39, 0.29) is 5.97 Å². The number of fused-ring (bicyclic) bond motifs is 2. The summed E-state index contributed by atoms with van der Waals surface area (Å²) in [6.07, 6.45) is 1.73. The fraction of sp³-hybridized carbons (Fsp3) is 0.316. The lowest BCUT2D eigenvalue weighted by atomic mass is 9.88. The lowest BCUT2D eigenvalue weighted by molar-refractivity contribution is -0.141. The van der Waals surface area contributed by atoms with Crippen LogP contribution in [0.2, 0.25) is 0 Å². The number of carbonyl (C=O) groups is 1. The molecule has 2 aromatic carbocycles. The molecule has 4 nitrogen and oxygen atoms in total. The van der Waals surface area contributed by atoms with E-state index in [4.69, 9.17) is 14.2 Å². The van der Waals surface area contributed by atoms with Gasteiger partial charge in [-0.1, -0.05) is 24.3 Å². The second-order valence-corrected chi connectivity index (χ2v) is 5.56. The van der Waals surface area contributed by atoms with Gasteiger partial charge in [-0.2, -0.15) is 0 Å². The minimum Gasteiger partial charge on any atom is -0.493 e. The summed E-state index contributed by atoms with van der Waals surface area (Å²) >= 11 is 0. The van der Waals surface area contributed by atoms with E-state index in [0.717, 1.165) is 29.5 Å². The summed E-state index contributed by atoms with van der Waals surface area (Å²) < 4.78 is 15.9. The van der Waals surface area contributed by atoms with Crippen molar-refractivity contribution < 1.29 is 19.0 Å². The lowest BCUT2D eigenvalue weighted by Gasteiger charge is -2.20. The molecule has 0 N–H and O–H groups in total. The maximum Gasteiger partial charge on any atom is 0.317 e. The number of benzene rings is 2. The van der Waals surface area contributed by atoms with Crippen LogP contribution in [0.25, 0.3) is 0 Å². The number of methoxy groups -OCH3 is 3. The SMILES string of the molecule is COC(=O)C1c2ccccc2CCc2cc(OC)c(OC)cc21. The molecule has 0 spiro atoms. The molecule has 1 unspecified atom stereocenters. The van der Waals surface area contributed by atoms with Crippen molar-refractivity contribution in [2.75, 3.05) is 21.3 Å². The van der Waals surface area contributed by atoms with Crippen molar-refractivity contribution in [1.29, 1.82) is 0 Å². The van der Waals surface area contributed by atoms with Gasteiger partial charge in [0.2, 0.25) is 0 Å². The molecule has 0 fully saturated rings. The fourth-order valence-corrected chi connectivity index (χ4v) is 3.27. The van der Waals surface area contributed by atoms with Crippen LogP contribution in [-0.4, -0.2) is 27.3 Å². The van der Waals surface area contributed by atoms with Crippen LogP contribution < -0.4 is 9.47 Å². The quantitative estimate of drug-likeness (QED) is 0.817. The molecule has 2 aromatic rings. The van der Waals surface area contributed by atoms with Crippen molar-refractivity contribution >= 4 is 5.97 Å². The Kier molecular flexibility index (Phi) is 4.24. The van der Waals surface area contributed by atoms with Crippen molar-refractivity contribution in [1.82, 2.24) is 0 Å². The number of esters is 1. The Bertz CT molecular complexity index is 736. The predicted octanol–water partition coefficient (Wildman–Crippen LogP) is 3.11. The molecule has 3 rings (SSSR count). The summed E-state index contributed by atoms with van der Waals surface area (Å²) in [5.41, 5.74) is 4.20. The molecule has 0 heterocycles. The topological polar surface area (TPSA) is 44.8 Å². The van der Waals surface area contributed by atoms with E-state index in [1.807, 2.05) is 30.3 Å². The maximum atomic E-state index is 12.5. The Labute approximate surface area is 136 Å². The van der Waals surface area contributed by atoms with E-state index >= 15 is 0 Å². The van der Waals surface area contributed by atoms with Gasteiger partial charge in [0.25, 0.3) is 0 Å². The summed E-state index contributed by atoms with van der Waals surface area (Å²) in [6, 6.07) is 11.9. The van der Waals surface area contributed by atoms with Crippen LogP contribution in [0.15, 0.2) is 36.4 Å². The molecule has 0 aliphatic heterocycles. The third-order valence-electron chi connectivity index (χ3n) is 4.42. The summed E-state index contributed by atoms with van der Waals surface area (Å²) in [5, 5.41) is 0. The summed E-state index contributed by atoms with van der Waals surface area (Å²) in [6.45, 7) is 0. The summed E-state index contributed by atoms with van der Waals surface area (Å²) in [4.78, 5) is 12.5. The average Bonchev–Trinajstić information content (AvgIpc) is 2.76. The van der Waals surface area contributed by atoms with E-state index in [2.05, 4.69) is 6.07 Å². The lowest BCUT2D eigenvalue weighted by Crippen LogP contribution is -2.17. The Hall–Kier alpha value is -2.49. The zero-order valence-corrected chi connectivity index (χ0v) is 13.6. The second kappa shape index (κ2) is 6.32. The predicted molar refractivity (Wildman–Crippen MR) is 87.3 cm³/mol. The molecule has 0 saturated heterocycles. The molecule has 23 heavy (non-hydrogen) atoms. The van der Waals surface area contributed by atoms with Gasteiger partial charge in [-0.3, -0.25) is 4.79 Å². The van der Waals surface area contributed by atoms with Gasteiger partial charge in [0.1, 0.15) is 5.92 Å². The summed E-state index contributed by atoms with van der Waals surface area (Å²) in [7, 11) is 4.64. The van der Waals surface area contributed by atoms with Crippen LogP contribution >= 0.6 is 0 Å². The zero-order valence-electron chi connectivity index (χ0n) is 13.6. The number of rotatable bonds is 3. The highest BCUT2D eigenvalue weighted by Gasteiger charge is 2.31. The molecule has 0 radical (unpaired) electrons. The van der Waals surface area contributed by atoms with Crippen LogP contribution in [-0.2, 0) is 22.4 Å². The number of hydrogen-bond acceptors (Lipinski definition) is 4. The van der Waals surface area contributed by atoms with Gasteiger partial charge < -0.3 is 14.2 Å². The molecule has 4 heteroatoms. The zero-order chi connectivity index (χ0) is 16.4. The summed E-state index contributed by atoms with van der Waals surface area (Å²) in [5.74, 6) is 0.613. The van der Waals surface area contributed by atoms with Crippen LogP contribution in [0.1, 0.15) is 28.2 Å². The first-order valence-corrected chi connectivity index (χ1v) is 7.60. The van der Waals surface area contributed by atoms with Gasteiger partial charge in [-0.05, 0) is 47.2 Å². The highest BCUT2D eigenvalue weighted by atomic mass is 16.5. The van der Waals surface area contributed by atoms with Crippen molar-refractivity contribution in [3.63, 3.8) is 0 Å². The largest absolute Gasteiger partial charge is 0.493 e. The highest BCUT2D eigenvalue weighted by molar-refractivity contribution is 5.84. The minimum atomic E-state index is -0.437. The van der Waals surface area contributed by atoms with E-state index in [1.54, 1.807) is 14.2 Å². The molecular formula is C19H20O4. The van der Waals surface area contributed by atoms with Gasteiger partial charge in [-0.25, -0.2) is 0 Å². The van der Waals surface area contributed by atoms with E-state index in [0.29, 0.717) is 11.5 Å². The minimum absolute atomic E-state index is 0.257. The molecule has 1 aliphatic carbocycles. The Balaban J connectivity index is 2.23. The van der Waals surface area contributed by atoms with Gasteiger partial charge in [-0.15, -0.1) is 0 Å². The molecule has 1 atom stereocenters. The first-order chi connectivity index (χ1) is 11.2. The van der Waals surface area contributed by atoms with Crippen molar-refractivity contribution in [3.05, 3.63) is 58.7 Å². The van der Waals surface area contributed by atoms with Crippen LogP contribution in [0.3, 0.4) is 0 Å². The van der Waals surface area contributed by atoms with Gasteiger partial charge >= 0.3 is 5.97 Å². The number of hydrogen-bond donors (Lipinski definition) is 0. The van der Waals surface area contributed by atoms with Gasteiger partial charge in [0.15, 0.2) is 11.5 Å². The average molecular weight is 312 g/mol. The molecule has 0 aromatic heterocycles. The van der Waals surface area contributed by atoms with Crippen LogP contribution in [0.5, 0.6) is 11.5 Å². The number of aryl methyl sites for hydroxylation is 2. The molecule has 120 valence electrons. The highest BCUT2D eigenvalue weighted by Crippen LogP contribution is 2.40. The van der Waals surface area contributed by atoms with E-state index < -0.39 is 5.92 Å². The monoisotopic (exact) mass is 312 g/mol. The molecule has 0 amide bonds. The van der Waals surface area contributed by atoms with E-state index in [1.165, 1.54) is 12.7 Å². The molecular weight excluding hydrogens is 292 g/mol. The van der Waals surface area contributed by atoms with Crippen molar-refractivity contribution in [2.45, 2.75) is 18.8 Å². The fourth-order valence-electron chi connectivity index (χ4n) is 3.27. The van der Waals surface area contributed by atoms with Gasteiger partial charge in [0, 0.05) is 0 Å². The molecule has 0 saturated carbocycles. The maximum absolute atomic E-state index is 12.5. The Morgan fingerprint density at radius 3 is 2.26 bits per heavy atom. The third-order valence-corrected chi connectivity index (χ3v) is 4.42. The third kappa shape index (κ3) is 2.65. The Morgan fingerprint density at radius 1 is 0.913 bits per heavy atom. The smallest absolute Gasteiger partial charge is 0.317 e.